The molecule has 0 N–H and O–H groups in total. The summed E-state index contributed by atoms with van der Waals surface area (Å²) in [6.45, 7) is 14.5. The summed E-state index contributed by atoms with van der Waals surface area (Å²) in [4.78, 5) is 4.96. The van der Waals surface area contributed by atoms with Gasteiger partial charge in [-0.2, -0.15) is 0 Å². The highest BCUT2D eigenvalue weighted by Gasteiger charge is 2.35. The Bertz CT molecular complexity index is 1210. The number of hydrogen-bond donors (Lipinski definition) is 0. The monoisotopic (exact) mass is 444 g/mol. The molecule has 5 rings (SSSR count). The van der Waals surface area contributed by atoms with E-state index in [-0.39, 0.29) is 11.6 Å². The molecule has 0 saturated carbocycles. The zero-order valence-electron chi connectivity index (χ0n) is 20.1. The first-order valence-electron chi connectivity index (χ1n) is 11.7. The molecule has 7 nitrogen and oxygen atoms in total. The van der Waals surface area contributed by atoms with Crippen LogP contribution in [0.15, 0.2) is 52.9 Å². The van der Waals surface area contributed by atoms with Crippen molar-refractivity contribution in [1.82, 2.24) is 25.1 Å². The van der Waals surface area contributed by atoms with Gasteiger partial charge in [-0.25, -0.2) is 4.68 Å². The summed E-state index contributed by atoms with van der Waals surface area (Å²) in [7, 11) is 0. The molecule has 172 valence electrons. The molecule has 2 aromatic heterocycles. The Balaban J connectivity index is 1.50. The quantitative estimate of drug-likeness (QED) is 0.455. The Morgan fingerprint density at radius 1 is 0.909 bits per heavy atom. The largest absolute Gasteiger partial charge is 0.459 e. The van der Waals surface area contributed by atoms with Gasteiger partial charge in [0.05, 0.1) is 5.54 Å². The van der Waals surface area contributed by atoms with Crippen LogP contribution in [0.1, 0.15) is 49.5 Å². The lowest BCUT2D eigenvalue weighted by Gasteiger charge is -2.40. The number of rotatable bonds is 4. The molecule has 1 aliphatic heterocycles. The molecular formula is C26H32N6O. The fourth-order valence-electron chi connectivity index (χ4n) is 4.96. The van der Waals surface area contributed by atoms with Gasteiger partial charge in [-0.1, -0.05) is 36.4 Å². The normalized spacial score (nSPS) is 16.5. The summed E-state index contributed by atoms with van der Waals surface area (Å²) < 4.78 is 8.29. The lowest BCUT2D eigenvalue weighted by Crippen LogP contribution is -2.49. The molecule has 1 saturated heterocycles. The van der Waals surface area contributed by atoms with Crippen molar-refractivity contribution in [1.29, 1.82) is 0 Å². The predicted octanol–water partition coefficient (Wildman–Crippen LogP) is 4.70. The van der Waals surface area contributed by atoms with Crippen LogP contribution in [0.25, 0.3) is 11.0 Å². The minimum Gasteiger partial charge on any atom is -0.459 e. The summed E-state index contributed by atoms with van der Waals surface area (Å²) in [6, 6.07) is 16.7. The van der Waals surface area contributed by atoms with Gasteiger partial charge in [0.25, 0.3) is 0 Å². The lowest BCUT2D eigenvalue weighted by atomic mass is 10.0. The fourth-order valence-corrected chi connectivity index (χ4v) is 4.96. The van der Waals surface area contributed by atoms with E-state index >= 15 is 0 Å². The molecule has 0 amide bonds. The standard InChI is InChI=1S/C26H32N6O/c1-18-9-8-10-19(2)23(18)30-13-15-31(16-14-30)24(25-27-28-29-32(25)26(3,4)5)22-17-20-11-6-7-12-21(20)33-22/h6-12,17,24H,13-16H2,1-5H3. The first kappa shape index (κ1) is 21.6. The number of fused-ring (bicyclic) bond motifs is 1. The molecule has 0 aliphatic carbocycles. The maximum atomic E-state index is 6.36. The Hall–Kier alpha value is -3.19. The zero-order valence-corrected chi connectivity index (χ0v) is 20.1. The summed E-state index contributed by atoms with van der Waals surface area (Å²) in [5, 5.41) is 14.0. The van der Waals surface area contributed by atoms with E-state index in [2.05, 4.69) is 90.3 Å². The molecule has 0 bridgehead atoms. The second-order valence-corrected chi connectivity index (χ2v) is 9.97. The van der Waals surface area contributed by atoms with Crippen molar-refractivity contribution in [3.05, 3.63) is 71.2 Å². The van der Waals surface area contributed by atoms with Crippen LogP contribution in [-0.4, -0.2) is 51.3 Å². The molecule has 1 unspecified atom stereocenters. The molecular weight excluding hydrogens is 412 g/mol. The third-order valence-corrected chi connectivity index (χ3v) is 6.52. The first-order chi connectivity index (χ1) is 15.8. The molecule has 2 aromatic carbocycles. The van der Waals surface area contributed by atoms with E-state index in [1.54, 1.807) is 0 Å². The first-order valence-corrected chi connectivity index (χ1v) is 11.7. The van der Waals surface area contributed by atoms with Crippen molar-refractivity contribution >= 4 is 16.7 Å². The van der Waals surface area contributed by atoms with Crippen LogP contribution in [0.4, 0.5) is 5.69 Å². The highest BCUT2D eigenvalue weighted by molar-refractivity contribution is 5.77. The van der Waals surface area contributed by atoms with Gasteiger partial charge in [0.15, 0.2) is 5.82 Å². The van der Waals surface area contributed by atoms with Crippen LogP contribution in [0.2, 0.25) is 0 Å². The molecule has 7 heteroatoms. The van der Waals surface area contributed by atoms with Gasteiger partial charge in [-0.3, -0.25) is 4.90 Å². The van der Waals surface area contributed by atoms with E-state index in [1.807, 2.05) is 22.9 Å². The van der Waals surface area contributed by atoms with E-state index in [9.17, 15) is 0 Å². The Morgan fingerprint density at radius 2 is 1.61 bits per heavy atom. The smallest absolute Gasteiger partial charge is 0.176 e. The van der Waals surface area contributed by atoms with Gasteiger partial charge in [0, 0.05) is 37.3 Å². The Labute approximate surface area is 195 Å². The van der Waals surface area contributed by atoms with Gasteiger partial charge in [-0.05, 0) is 68.3 Å². The van der Waals surface area contributed by atoms with E-state index < -0.39 is 0 Å². The minimum atomic E-state index is -0.233. The van der Waals surface area contributed by atoms with E-state index in [0.717, 1.165) is 48.7 Å². The number of tetrazole rings is 1. The highest BCUT2D eigenvalue weighted by Crippen LogP contribution is 2.35. The van der Waals surface area contributed by atoms with Crippen molar-refractivity contribution in [2.24, 2.45) is 0 Å². The zero-order chi connectivity index (χ0) is 23.2. The molecule has 1 aliphatic rings. The Kier molecular flexibility index (Phi) is 5.44. The molecule has 0 spiro atoms. The number of anilines is 1. The lowest BCUT2D eigenvalue weighted by molar-refractivity contribution is 0.174. The molecule has 4 aromatic rings. The van der Waals surface area contributed by atoms with Gasteiger partial charge in [-0.15, -0.1) is 5.10 Å². The van der Waals surface area contributed by atoms with Crippen molar-refractivity contribution in [3.63, 3.8) is 0 Å². The highest BCUT2D eigenvalue weighted by atomic mass is 16.3. The number of piperazine rings is 1. The Morgan fingerprint density at radius 3 is 2.27 bits per heavy atom. The fraction of sp³-hybridized carbons (Fsp3) is 0.423. The number of para-hydroxylation sites is 2. The average molecular weight is 445 g/mol. The SMILES string of the molecule is Cc1cccc(C)c1N1CCN(C(c2cc3ccccc3o2)c2nnnn2C(C)(C)C)CC1. The number of aromatic nitrogens is 4. The summed E-state index contributed by atoms with van der Waals surface area (Å²) in [5.74, 6) is 1.71. The molecule has 1 fully saturated rings. The molecule has 33 heavy (non-hydrogen) atoms. The second-order valence-electron chi connectivity index (χ2n) is 9.97. The van der Waals surface area contributed by atoms with Crippen LogP contribution in [0, 0.1) is 13.8 Å². The van der Waals surface area contributed by atoms with Crippen LogP contribution in [0.3, 0.4) is 0 Å². The topological polar surface area (TPSA) is 63.2 Å². The summed E-state index contributed by atoms with van der Waals surface area (Å²) >= 11 is 0. The number of aryl methyl sites for hydroxylation is 2. The van der Waals surface area contributed by atoms with E-state index in [0.29, 0.717) is 0 Å². The van der Waals surface area contributed by atoms with Gasteiger partial charge < -0.3 is 9.32 Å². The maximum absolute atomic E-state index is 6.36. The summed E-state index contributed by atoms with van der Waals surface area (Å²) in [6.07, 6.45) is 0. The third-order valence-electron chi connectivity index (χ3n) is 6.52. The second kappa shape index (κ2) is 8.30. The van der Waals surface area contributed by atoms with Gasteiger partial charge >= 0.3 is 0 Å². The molecule has 3 heterocycles. The molecule has 0 radical (unpaired) electrons. The number of benzene rings is 2. The van der Waals surface area contributed by atoms with Gasteiger partial charge in [0.1, 0.15) is 17.4 Å². The van der Waals surface area contributed by atoms with Crippen molar-refractivity contribution in [3.8, 4) is 0 Å². The van der Waals surface area contributed by atoms with Gasteiger partial charge in [0.2, 0.25) is 0 Å². The maximum Gasteiger partial charge on any atom is 0.176 e. The predicted molar refractivity (Wildman–Crippen MR) is 131 cm³/mol. The van der Waals surface area contributed by atoms with Crippen molar-refractivity contribution in [2.75, 3.05) is 31.1 Å². The van der Waals surface area contributed by atoms with Crippen molar-refractivity contribution < 1.29 is 4.42 Å². The average Bonchev–Trinajstić information content (AvgIpc) is 3.42. The third kappa shape index (κ3) is 4.02. The molecule has 1 atom stereocenters. The number of furan rings is 1. The number of nitrogens with zero attached hydrogens (tertiary/aromatic N) is 6. The van der Waals surface area contributed by atoms with E-state index in [1.165, 1.54) is 16.8 Å². The van der Waals surface area contributed by atoms with Crippen LogP contribution in [0.5, 0.6) is 0 Å². The van der Waals surface area contributed by atoms with Crippen molar-refractivity contribution in [2.45, 2.75) is 46.2 Å². The minimum absolute atomic E-state index is 0.147. The summed E-state index contributed by atoms with van der Waals surface area (Å²) in [5.41, 5.74) is 4.67. The van der Waals surface area contributed by atoms with Crippen LogP contribution < -0.4 is 4.90 Å². The van der Waals surface area contributed by atoms with E-state index in [4.69, 9.17) is 4.42 Å². The van der Waals surface area contributed by atoms with Crippen LogP contribution >= 0.6 is 0 Å². The number of hydrogen-bond acceptors (Lipinski definition) is 6. The van der Waals surface area contributed by atoms with Crippen LogP contribution in [-0.2, 0) is 5.54 Å².